The highest BCUT2D eigenvalue weighted by Crippen LogP contribution is 2.29. The number of hydrogen-bond donors (Lipinski definition) is 2. The maximum absolute atomic E-state index is 8.10. The quantitative estimate of drug-likeness (QED) is 0.546. The van der Waals surface area contributed by atoms with Crippen LogP contribution in [0.3, 0.4) is 0 Å². The van der Waals surface area contributed by atoms with Gasteiger partial charge in [-0.3, -0.25) is 10.4 Å². The first kappa shape index (κ1) is 17.5. The summed E-state index contributed by atoms with van der Waals surface area (Å²) < 4.78 is 7.17. The van der Waals surface area contributed by atoms with Gasteiger partial charge in [0.2, 0.25) is 0 Å². The highest BCUT2D eigenvalue weighted by atomic mass is 35.5. The molecule has 2 N–H and O–H groups in total. The van der Waals surface area contributed by atoms with Crippen molar-refractivity contribution in [3.63, 3.8) is 0 Å². The highest BCUT2D eigenvalue weighted by molar-refractivity contribution is 6.36. The average molecular weight is 401 g/mol. The summed E-state index contributed by atoms with van der Waals surface area (Å²) in [5, 5.41) is 9.22. The van der Waals surface area contributed by atoms with E-state index in [1.807, 2.05) is 0 Å². The number of nitrogens with one attached hydrogen (secondary N) is 2. The molecule has 27 heavy (non-hydrogen) atoms. The molecule has 0 saturated carbocycles. The molecule has 4 rings (SSSR count). The van der Waals surface area contributed by atoms with Gasteiger partial charge in [-0.1, -0.05) is 29.3 Å². The third kappa shape index (κ3) is 3.15. The molecule has 7 nitrogen and oxygen atoms in total. The molecule has 0 radical (unpaired) electrons. The van der Waals surface area contributed by atoms with E-state index >= 15 is 0 Å². The van der Waals surface area contributed by atoms with Gasteiger partial charge < -0.3 is 14.3 Å². The van der Waals surface area contributed by atoms with Crippen molar-refractivity contribution in [3.05, 3.63) is 64.1 Å². The molecule has 0 fully saturated rings. The second kappa shape index (κ2) is 7.02. The number of imidazole rings is 1. The van der Waals surface area contributed by atoms with E-state index in [0.717, 1.165) is 5.56 Å². The molecule has 0 aliphatic rings. The topological polar surface area (TPSA) is 92.5 Å². The van der Waals surface area contributed by atoms with Gasteiger partial charge in [-0.15, -0.1) is 0 Å². The molecule has 3 heterocycles. The molecule has 3 aromatic heterocycles. The lowest BCUT2D eigenvalue weighted by molar-refractivity contribution is 0.415. The van der Waals surface area contributed by atoms with Crippen molar-refractivity contribution in [2.75, 3.05) is 7.11 Å². The zero-order valence-corrected chi connectivity index (χ0v) is 15.7. The Morgan fingerprint density at radius 3 is 2.74 bits per heavy atom. The molecular formula is C18H14Cl2N6O. The van der Waals surface area contributed by atoms with Crippen molar-refractivity contribution in [3.8, 4) is 17.1 Å². The van der Waals surface area contributed by atoms with Gasteiger partial charge in [0, 0.05) is 28.0 Å². The molecule has 0 amide bonds. The van der Waals surface area contributed by atoms with E-state index in [2.05, 4.69) is 19.9 Å². The number of fused-ring (bicyclic) bond motifs is 1. The van der Waals surface area contributed by atoms with Crippen molar-refractivity contribution in [1.29, 1.82) is 5.41 Å². The molecule has 4 aromatic rings. The zero-order valence-electron chi connectivity index (χ0n) is 14.2. The second-order valence-corrected chi connectivity index (χ2v) is 6.60. The molecular weight excluding hydrogens is 387 g/mol. The molecule has 1 aromatic carbocycles. The van der Waals surface area contributed by atoms with Crippen molar-refractivity contribution in [2.24, 2.45) is 0 Å². The average Bonchev–Trinajstić information content (AvgIpc) is 3.13. The first-order valence-corrected chi connectivity index (χ1v) is 8.75. The van der Waals surface area contributed by atoms with Crippen LogP contribution in [0.1, 0.15) is 5.56 Å². The summed E-state index contributed by atoms with van der Waals surface area (Å²) in [7, 11) is 1.58. The standard InChI is InChI=1S/C18H14Cl2N6O/c1-27-14-5-6-22-7-10(14)17-24-15-16(21)23-9-26(18(15)25-17)8-11-12(19)3-2-4-13(11)20/h2-7,9,21H,8H2,1H3,(H,24,25). The predicted molar refractivity (Wildman–Crippen MR) is 103 cm³/mol. The number of rotatable bonds is 4. The lowest BCUT2D eigenvalue weighted by atomic mass is 10.2. The van der Waals surface area contributed by atoms with E-state index in [0.29, 0.717) is 44.9 Å². The largest absolute Gasteiger partial charge is 0.496 e. The van der Waals surface area contributed by atoms with Gasteiger partial charge >= 0.3 is 0 Å². The van der Waals surface area contributed by atoms with Crippen LogP contribution in [0.15, 0.2) is 43.0 Å². The van der Waals surface area contributed by atoms with E-state index in [1.165, 1.54) is 0 Å². The van der Waals surface area contributed by atoms with E-state index in [-0.39, 0.29) is 5.49 Å². The summed E-state index contributed by atoms with van der Waals surface area (Å²) in [5.74, 6) is 1.17. The maximum atomic E-state index is 8.10. The zero-order chi connectivity index (χ0) is 19.0. The number of methoxy groups -OCH3 is 1. The van der Waals surface area contributed by atoms with Crippen LogP contribution in [0.2, 0.25) is 10.0 Å². The Morgan fingerprint density at radius 2 is 2.00 bits per heavy atom. The Kier molecular flexibility index (Phi) is 4.55. The minimum absolute atomic E-state index is 0.0908. The summed E-state index contributed by atoms with van der Waals surface area (Å²) in [6, 6.07) is 7.10. The monoisotopic (exact) mass is 400 g/mol. The number of pyridine rings is 1. The van der Waals surface area contributed by atoms with Gasteiger partial charge in [0.05, 0.1) is 25.5 Å². The van der Waals surface area contributed by atoms with Gasteiger partial charge in [-0.05, 0) is 18.2 Å². The summed E-state index contributed by atoms with van der Waals surface area (Å²) in [6.45, 7) is 0.372. The SMILES string of the molecule is COc1ccncc1-c1nc2c([nH]1)c(=N)ncn2Cc1c(Cl)cccc1Cl. The lowest BCUT2D eigenvalue weighted by Crippen LogP contribution is -2.13. The second-order valence-electron chi connectivity index (χ2n) is 5.78. The summed E-state index contributed by atoms with van der Waals surface area (Å²) in [5.41, 5.74) is 2.61. The summed E-state index contributed by atoms with van der Waals surface area (Å²) in [4.78, 5) is 16.1. The molecule has 0 saturated heterocycles. The van der Waals surface area contributed by atoms with E-state index in [9.17, 15) is 0 Å². The number of aromatic nitrogens is 5. The van der Waals surface area contributed by atoms with Crippen molar-refractivity contribution in [1.82, 2.24) is 24.5 Å². The van der Waals surface area contributed by atoms with Crippen LogP contribution >= 0.6 is 23.2 Å². The smallest absolute Gasteiger partial charge is 0.173 e. The van der Waals surface area contributed by atoms with Gasteiger partial charge in [-0.2, -0.15) is 0 Å². The Hall–Kier alpha value is -2.90. The fourth-order valence-corrected chi connectivity index (χ4v) is 3.34. The molecule has 136 valence electrons. The fourth-order valence-electron chi connectivity index (χ4n) is 2.82. The van der Waals surface area contributed by atoms with Crippen LogP contribution in [-0.4, -0.2) is 31.6 Å². The first-order valence-electron chi connectivity index (χ1n) is 7.99. The van der Waals surface area contributed by atoms with Crippen LogP contribution in [0.25, 0.3) is 22.6 Å². The molecule has 9 heteroatoms. The van der Waals surface area contributed by atoms with Crippen LogP contribution in [0, 0.1) is 5.41 Å². The van der Waals surface area contributed by atoms with Crippen LogP contribution in [-0.2, 0) is 6.54 Å². The van der Waals surface area contributed by atoms with E-state index in [1.54, 1.807) is 54.7 Å². The van der Waals surface area contributed by atoms with Gasteiger partial charge in [0.15, 0.2) is 11.1 Å². The third-order valence-corrected chi connectivity index (χ3v) is 4.87. The molecule has 0 aliphatic carbocycles. The minimum atomic E-state index is 0.0908. The van der Waals surface area contributed by atoms with E-state index < -0.39 is 0 Å². The van der Waals surface area contributed by atoms with Crippen molar-refractivity contribution in [2.45, 2.75) is 6.54 Å². The van der Waals surface area contributed by atoms with Crippen LogP contribution in [0.4, 0.5) is 0 Å². The molecule has 0 unspecified atom stereocenters. The molecule has 0 bridgehead atoms. The van der Waals surface area contributed by atoms with Crippen molar-refractivity contribution >= 4 is 34.4 Å². The van der Waals surface area contributed by atoms with Gasteiger partial charge in [0.25, 0.3) is 0 Å². The van der Waals surface area contributed by atoms with Gasteiger partial charge in [0.1, 0.15) is 17.1 Å². The number of nitrogens with zero attached hydrogens (tertiary/aromatic N) is 4. The Labute approximate surface area is 164 Å². The number of halogens is 2. The Balaban J connectivity index is 1.88. The van der Waals surface area contributed by atoms with E-state index in [4.69, 9.17) is 33.3 Å². The predicted octanol–water partition coefficient (Wildman–Crippen LogP) is 3.66. The lowest BCUT2D eigenvalue weighted by Gasteiger charge is -2.10. The number of aromatic amines is 1. The number of benzene rings is 1. The van der Waals surface area contributed by atoms with Crippen LogP contribution in [0.5, 0.6) is 5.75 Å². The Morgan fingerprint density at radius 1 is 1.22 bits per heavy atom. The number of H-pyrrole nitrogens is 1. The van der Waals surface area contributed by atoms with Crippen LogP contribution < -0.4 is 10.2 Å². The molecule has 0 aliphatic heterocycles. The third-order valence-electron chi connectivity index (χ3n) is 4.17. The van der Waals surface area contributed by atoms with Crippen molar-refractivity contribution < 1.29 is 4.74 Å². The molecule has 0 atom stereocenters. The summed E-state index contributed by atoms with van der Waals surface area (Å²) in [6.07, 6.45) is 4.85. The fraction of sp³-hybridized carbons (Fsp3) is 0.111. The minimum Gasteiger partial charge on any atom is -0.496 e. The Bertz CT molecular complexity index is 1180. The van der Waals surface area contributed by atoms with Gasteiger partial charge in [-0.25, -0.2) is 9.97 Å². The maximum Gasteiger partial charge on any atom is 0.173 e. The normalized spacial score (nSPS) is 11.1. The first-order chi connectivity index (χ1) is 13.1. The summed E-state index contributed by atoms with van der Waals surface area (Å²) >= 11 is 12.6. The highest BCUT2D eigenvalue weighted by Gasteiger charge is 2.15. The number of ether oxygens (including phenoxy) is 1. The molecule has 0 spiro atoms. The number of hydrogen-bond acceptors (Lipinski definition) is 5.